The maximum atomic E-state index is 10.6. The van der Waals surface area contributed by atoms with Crippen LogP contribution in [0.25, 0.3) is 0 Å². The quantitative estimate of drug-likeness (QED) is 0.711. The number of rotatable bonds is 7. The number of hydrogen-bond acceptors (Lipinski definition) is 3. The SMILES string of the molecule is COc1cccc(CNCCC(C)C(=O)O)c1. The van der Waals surface area contributed by atoms with Gasteiger partial charge >= 0.3 is 5.97 Å². The lowest BCUT2D eigenvalue weighted by Gasteiger charge is -2.08. The average Bonchev–Trinajstić information content (AvgIpc) is 2.34. The Hall–Kier alpha value is -1.55. The molecule has 0 saturated heterocycles. The first-order chi connectivity index (χ1) is 8.13. The number of carbonyl (C=O) groups is 1. The van der Waals surface area contributed by atoms with Crippen LogP contribution in [0.1, 0.15) is 18.9 Å². The van der Waals surface area contributed by atoms with E-state index >= 15 is 0 Å². The number of carboxylic acid groups (broad SMARTS) is 1. The molecule has 0 radical (unpaired) electrons. The summed E-state index contributed by atoms with van der Waals surface area (Å²) in [6, 6.07) is 7.81. The molecule has 1 unspecified atom stereocenters. The van der Waals surface area contributed by atoms with Crippen molar-refractivity contribution in [1.29, 1.82) is 0 Å². The number of nitrogens with one attached hydrogen (secondary N) is 1. The second kappa shape index (κ2) is 6.91. The lowest BCUT2D eigenvalue weighted by molar-refractivity contribution is -0.141. The third-order valence-electron chi connectivity index (χ3n) is 2.64. The largest absolute Gasteiger partial charge is 0.497 e. The third kappa shape index (κ3) is 4.87. The Morgan fingerprint density at radius 2 is 2.29 bits per heavy atom. The number of benzene rings is 1. The van der Waals surface area contributed by atoms with E-state index < -0.39 is 5.97 Å². The van der Waals surface area contributed by atoms with Crippen LogP contribution in [0.15, 0.2) is 24.3 Å². The van der Waals surface area contributed by atoms with Crippen LogP contribution in [0.4, 0.5) is 0 Å². The van der Waals surface area contributed by atoms with Gasteiger partial charge in [-0.1, -0.05) is 19.1 Å². The summed E-state index contributed by atoms with van der Waals surface area (Å²) in [6.07, 6.45) is 0.638. The molecule has 4 heteroatoms. The molecule has 1 aromatic rings. The van der Waals surface area contributed by atoms with Gasteiger partial charge in [-0.25, -0.2) is 0 Å². The lowest BCUT2D eigenvalue weighted by atomic mass is 10.1. The first-order valence-electron chi connectivity index (χ1n) is 5.70. The van der Waals surface area contributed by atoms with E-state index in [9.17, 15) is 4.79 Å². The predicted octanol–water partition coefficient (Wildman–Crippen LogP) is 1.90. The summed E-state index contributed by atoms with van der Waals surface area (Å²) in [5.74, 6) is -0.204. The van der Waals surface area contributed by atoms with E-state index in [1.807, 2.05) is 24.3 Å². The molecule has 0 bridgehead atoms. The van der Waals surface area contributed by atoms with Crippen molar-refractivity contribution in [2.75, 3.05) is 13.7 Å². The zero-order valence-corrected chi connectivity index (χ0v) is 10.3. The minimum absolute atomic E-state index is 0.298. The summed E-state index contributed by atoms with van der Waals surface area (Å²) in [5.41, 5.74) is 1.13. The monoisotopic (exact) mass is 237 g/mol. The molecule has 0 aliphatic heterocycles. The molecule has 0 aliphatic rings. The Kier molecular flexibility index (Phi) is 5.49. The van der Waals surface area contributed by atoms with E-state index in [-0.39, 0.29) is 5.92 Å². The molecule has 2 N–H and O–H groups in total. The Balaban J connectivity index is 2.28. The molecule has 0 aliphatic carbocycles. The molecule has 17 heavy (non-hydrogen) atoms. The Morgan fingerprint density at radius 1 is 1.53 bits per heavy atom. The smallest absolute Gasteiger partial charge is 0.306 e. The van der Waals surface area contributed by atoms with Crippen molar-refractivity contribution < 1.29 is 14.6 Å². The van der Waals surface area contributed by atoms with Crippen molar-refractivity contribution in [2.24, 2.45) is 5.92 Å². The van der Waals surface area contributed by atoms with Gasteiger partial charge in [-0.2, -0.15) is 0 Å². The zero-order valence-electron chi connectivity index (χ0n) is 10.3. The highest BCUT2D eigenvalue weighted by molar-refractivity contribution is 5.69. The van der Waals surface area contributed by atoms with Crippen molar-refractivity contribution in [1.82, 2.24) is 5.32 Å². The van der Waals surface area contributed by atoms with Gasteiger partial charge in [-0.05, 0) is 30.7 Å². The van der Waals surface area contributed by atoms with Crippen LogP contribution in [0.5, 0.6) is 5.75 Å². The number of aliphatic carboxylic acids is 1. The van der Waals surface area contributed by atoms with Crippen molar-refractivity contribution in [3.05, 3.63) is 29.8 Å². The zero-order chi connectivity index (χ0) is 12.7. The predicted molar refractivity (Wildman–Crippen MR) is 66.1 cm³/mol. The van der Waals surface area contributed by atoms with Crippen molar-refractivity contribution in [3.8, 4) is 5.75 Å². The Labute approximate surface area is 102 Å². The second-order valence-corrected chi connectivity index (χ2v) is 4.06. The molecule has 4 nitrogen and oxygen atoms in total. The van der Waals surface area contributed by atoms with Crippen molar-refractivity contribution in [3.63, 3.8) is 0 Å². The van der Waals surface area contributed by atoms with Crippen LogP contribution in [-0.4, -0.2) is 24.7 Å². The molecule has 94 valence electrons. The van der Waals surface area contributed by atoms with Gasteiger partial charge in [0, 0.05) is 6.54 Å². The topological polar surface area (TPSA) is 58.6 Å². The van der Waals surface area contributed by atoms with Gasteiger partial charge in [-0.15, -0.1) is 0 Å². The number of hydrogen-bond donors (Lipinski definition) is 2. The van der Waals surface area contributed by atoms with E-state index in [4.69, 9.17) is 9.84 Å². The molecule has 0 spiro atoms. The molecule has 0 saturated carbocycles. The molecular weight excluding hydrogens is 218 g/mol. The van der Waals surface area contributed by atoms with Crippen LogP contribution >= 0.6 is 0 Å². The maximum Gasteiger partial charge on any atom is 0.306 e. The average molecular weight is 237 g/mol. The van der Waals surface area contributed by atoms with Crippen LogP contribution in [0.2, 0.25) is 0 Å². The summed E-state index contributed by atoms with van der Waals surface area (Å²) >= 11 is 0. The fourth-order valence-electron chi connectivity index (χ4n) is 1.46. The molecule has 0 amide bonds. The van der Waals surface area contributed by atoms with Gasteiger partial charge in [0.05, 0.1) is 13.0 Å². The highest BCUT2D eigenvalue weighted by Gasteiger charge is 2.09. The minimum Gasteiger partial charge on any atom is -0.497 e. The van der Waals surface area contributed by atoms with Crippen LogP contribution in [0, 0.1) is 5.92 Å². The standard InChI is InChI=1S/C13H19NO3/c1-10(13(15)16)6-7-14-9-11-4-3-5-12(8-11)17-2/h3-5,8,10,14H,6-7,9H2,1-2H3,(H,15,16). The van der Waals surface area contributed by atoms with E-state index in [0.717, 1.165) is 17.9 Å². The van der Waals surface area contributed by atoms with Gasteiger partial charge in [-0.3, -0.25) is 4.79 Å². The molecule has 1 aromatic carbocycles. The number of methoxy groups -OCH3 is 1. The Bertz CT molecular complexity index is 365. The Morgan fingerprint density at radius 3 is 2.94 bits per heavy atom. The molecule has 0 aromatic heterocycles. The molecule has 0 heterocycles. The summed E-state index contributed by atoms with van der Waals surface area (Å²) < 4.78 is 5.13. The second-order valence-electron chi connectivity index (χ2n) is 4.06. The molecular formula is C13H19NO3. The normalized spacial score (nSPS) is 12.1. The lowest BCUT2D eigenvalue weighted by Crippen LogP contribution is -2.20. The van der Waals surface area contributed by atoms with Gasteiger partial charge in [0.25, 0.3) is 0 Å². The first kappa shape index (κ1) is 13.5. The van der Waals surface area contributed by atoms with Crippen molar-refractivity contribution >= 4 is 5.97 Å². The van der Waals surface area contributed by atoms with Crippen LogP contribution < -0.4 is 10.1 Å². The summed E-state index contributed by atoms with van der Waals surface area (Å²) in [5, 5.41) is 11.9. The summed E-state index contributed by atoms with van der Waals surface area (Å²) in [4.78, 5) is 10.6. The molecule has 0 fully saturated rings. The number of carboxylic acids is 1. The third-order valence-corrected chi connectivity index (χ3v) is 2.64. The number of ether oxygens (including phenoxy) is 1. The fraction of sp³-hybridized carbons (Fsp3) is 0.462. The first-order valence-corrected chi connectivity index (χ1v) is 5.70. The highest BCUT2D eigenvalue weighted by atomic mass is 16.5. The fourth-order valence-corrected chi connectivity index (χ4v) is 1.46. The van der Waals surface area contributed by atoms with Gasteiger partial charge in [0.15, 0.2) is 0 Å². The van der Waals surface area contributed by atoms with E-state index in [1.54, 1.807) is 14.0 Å². The van der Waals surface area contributed by atoms with Gasteiger partial charge in [0.2, 0.25) is 0 Å². The molecule has 1 atom stereocenters. The van der Waals surface area contributed by atoms with E-state index in [1.165, 1.54) is 0 Å². The van der Waals surface area contributed by atoms with Crippen LogP contribution in [0.3, 0.4) is 0 Å². The molecule has 1 rings (SSSR count). The summed E-state index contributed by atoms with van der Waals surface area (Å²) in [7, 11) is 1.64. The summed E-state index contributed by atoms with van der Waals surface area (Å²) in [6.45, 7) is 3.14. The maximum absolute atomic E-state index is 10.6. The van der Waals surface area contributed by atoms with Gasteiger partial charge in [0.1, 0.15) is 5.75 Å². The minimum atomic E-state index is -0.742. The van der Waals surface area contributed by atoms with E-state index in [0.29, 0.717) is 13.0 Å². The van der Waals surface area contributed by atoms with Crippen LogP contribution in [-0.2, 0) is 11.3 Å². The highest BCUT2D eigenvalue weighted by Crippen LogP contribution is 2.12. The van der Waals surface area contributed by atoms with E-state index in [2.05, 4.69) is 5.32 Å². The van der Waals surface area contributed by atoms with Gasteiger partial charge < -0.3 is 15.2 Å². The van der Waals surface area contributed by atoms with Crippen molar-refractivity contribution in [2.45, 2.75) is 19.9 Å².